The number of halogens is 3. The molecular formula is C13H11BrClFN2. The Hall–Kier alpha value is -1.13. The van der Waals surface area contributed by atoms with Gasteiger partial charge in [0, 0.05) is 17.1 Å². The molecule has 18 heavy (non-hydrogen) atoms. The molecule has 0 atom stereocenters. The standard InChI is InChI=1S/C13H11BrClFN2/c1-8-12(4-5-13(14)18-8)17-7-9-6-10(15)2-3-11(9)16/h2-6,17H,7H2,1H3. The Bertz CT molecular complexity index is 575. The van der Waals surface area contributed by atoms with Crippen LogP contribution in [0.5, 0.6) is 0 Å². The van der Waals surface area contributed by atoms with Crippen LogP contribution in [0.4, 0.5) is 10.1 Å². The van der Waals surface area contributed by atoms with Crippen molar-refractivity contribution in [2.45, 2.75) is 13.5 Å². The number of hydrogen-bond acceptors (Lipinski definition) is 2. The summed E-state index contributed by atoms with van der Waals surface area (Å²) in [6.07, 6.45) is 0. The first kappa shape index (κ1) is 13.3. The van der Waals surface area contributed by atoms with Crippen molar-refractivity contribution < 1.29 is 4.39 Å². The summed E-state index contributed by atoms with van der Waals surface area (Å²) in [5, 5.41) is 3.67. The summed E-state index contributed by atoms with van der Waals surface area (Å²) in [5.74, 6) is -0.269. The first-order chi connectivity index (χ1) is 8.56. The summed E-state index contributed by atoms with van der Waals surface area (Å²) in [6.45, 7) is 2.26. The molecule has 2 aromatic rings. The fourth-order valence-electron chi connectivity index (χ4n) is 1.59. The third-order valence-electron chi connectivity index (χ3n) is 2.53. The molecule has 0 aliphatic carbocycles. The molecule has 5 heteroatoms. The van der Waals surface area contributed by atoms with Crippen molar-refractivity contribution >= 4 is 33.2 Å². The van der Waals surface area contributed by atoms with Gasteiger partial charge < -0.3 is 5.32 Å². The van der Waals surface area contributed by atoms with Crippen LogP contribution in [0.2, 0.25) is 5.02 Å². The maximum Gasteiger partial charge on any atom is 0.128 e. The van der Waals surface area contributed by atoms with Gasteiger partial charge in [-0.25, -0.2) is 9.37 Å². The van der Waals surface area contributed by atoms with E-state index in [0.29, 0.717) is 17.1 Å². The second-order valence-electron chi connectivity index (χ2n) is 3.86. The summed E-state index contributed by atoms with van der Waals surface area (Å²) in [7, 11) is 0. The molecule has 0 radical (unpaired) electrons. The third-order valence-corrected chi connectivity index (χ3v) is 3.21. The fraction of sp³-hybridized carbons (Fsp3) is 0.154. The van der Waals surface area contributed by atoms with Gasteiger partial charge in [-0.3, -0.25) is 0 Å². The van der Waals surface area contributed by atoms with E-state index in [4.69, 9.17) is 11.6 Å². The van der Waals surface area contributed by atoms with Gasteiger partial charge >= 0.3 is 0 Å². The predicted octanol–water partition coefficient (Wildman–Crippen LogP) is 4.56. The van der Waals surface area contributed by atoms with E-state index >= 15 is 0 Å². The van der Waals surface area contributed by atoms with E-state index in [1.54, 1.807) is 6.07 Å². The van der Waals surface area contributed by atoms with Crippen molar-refractivity contribution in [3.63, 3.8) is 0 Å². The molecule has 2 rings (SSSR count). The molecule has 0 amide bonds. The van der Waals surface area contributed by atoms with E-state index in [1.807, 2.05) is 19.1 Å². The zero-order chi connectivity index (χ0) is 13.1. The number of benzene rings is 1. The Labute approximate surface area is 118 Å². The average Bonchev–Trinajstić information content (AvgIpc) is 2.32. The van der Waals surface area contributed by atoms with E-state index < -0.39 is 0 Å². The number of aromatic nitrogens is 1. The minimum atomic E-state index is -0.269. The topological polar surface area (TPSA) is 24.9 Å². The van der Waals surface area contributed by atoms with Crippen LogP contribution in [-0.2, 0) is 6.54 Å². The number of aryl methyl sites for hydroxylation is 1. The molecule has 1 aromatic heterocycles. The highest BCUT2D eigenvalue weighted by Crippen LogP contribution is 2.19. The van der Waals surface area contributed by atoms with Gasteiger partial charge in [-0.15, -0.1) is 0 Å². The largest absolute Gasteiger partial charge is 0.379 e. The van der Waals surface area contributed by atoms with E-state index in [2.05, 4.69) is 26.2 Å². The Morgan fingerprint density at radius 3 is 2.83 bits per heavy atom. The van der Waals surface area contributed by atoms with E-state index in [1.165, 1.54) is 12.1 Å². The fourth-order valence-corrected chi connectivity index (χ4v) is 2.18. The SMILES string of the molecule is Cc1nc(Br)ccc1NCc1cc(Cl)ccc1F. The first-order valence-electron chi connectivity index (χ1n) is 5.37. The molecule has 0 saturated heterocycles. The maximum atomic E-state index is 13.5. The summed E-state index contributed by atoms with van der Waals surface area (Å²) in [5.41, 5.74) is 2.26. The average molecular weight is 330 g/mol. The number of anilines is 1. The normalized spacial score (nSPS) is 10.4. The molecule has 1 heterocycles. The molecule has 1 aromatic carbocycles. The number of hydrogen-bond donors (Lipinski definition) is 1. The van der Waals surface area contributed by atoms with Crippen LogP contribution in [0.3, 0.4) is 0 Å². The van der Waals surface area contributed by atoms with Crippen LogP contribution in [-0.4, -0.2) is 4.98 Å². The van der Waals surface area contributed by atoms with Crippen molar-refractivity contribution in [2.75, 3.05) is 5.32 Å². The molecule has 0 aliphatic rings. The van der Waals surface area contributed by atoms with E-state index in [9.17, 15) is 4.39 Å². The van der Waals surface area contributed by atoms with Gasteiger partial charge in [-0.1, -0.05) is 11.6 Å². The number of pyridine rings is 1. The van der Waals surface area contributed by atoms with Crippen LogP contribution in [0.15, 0.2) is 34.9 Å². The van der Waals surface area contributed by atoms with Crippen molar-refractivity contribution in [3.05, 3.63) is 57.0 Å². The number of nitrogens with one attached hydrogen (secondary N) is 1. The Morgan fingerprint density at radius 1 is 1.33 bits per heavy atom. The second-order valence-corrected chi connectivity index (χ2v) is 5.11. The van der Waals surface area contributed by atoms with Gasteiger partial charge in [0.15, 0.2) is 0 Å². The van der Waals surface area contributed by atoms with Crippen molar-refractivity contribution in [2.24, 2.45) is 0 Å². The van der Waals surface area contributed by atoms with Gasteiger partial charge in [-0.2, -0.15) is 0 Å². The zero-order valence-electron chi connectivity index (χ0n) is 9.67. The lowest BCUT2D eigenvalue weighted by atomic mass is 10.2. The molecule has 2 nitrogen and oxygen atoms in total. The summed E-state index contributed by atoms with van der Waals surface area (Å²) < 4.78 is 14.3. The van der Waals surface area contributed by atoms with Gasteiger partial charge in [0.25, 0.3) is 0 Å². The highest BCUT2D eigenvalue weighted by Gasteiger charge is 2.05. The van der Waals surface area contributed by atoms with Gasteiger partial charge in [0.05, 0.1) is 11.4 Å². The molecule has 0 unspecified atom stereocenters. The lowest BCUT2D eigenvalue weighted by Crippen LogP contribution is -2.04. The molecule has 0 bridgehead atoms. The molecule has 0 aliphatic heterocycles. The first-order valence-corrected chi connectivity index (χ1v) is 6.54. The van der Waals surface area contributed by atoms with Gasteiger partial charge in [-0.05, 0) is 53.2 Å². The molecular weight excluding hydrogens is 319 g/mol. The molecule has 94 valence electrons. The molecule has 1 N–H and O–H groups in total. The smallest absolute Gasteiger partial charge is 0.128 e. The summed E-state index contributed by atoms with van der Waals surface area (Å²) >= 11 is 9.13. The van der Waals surface area contributed by atoms with Gasteiger partial charge in [0.2, 0.25) is 0 Å². The van der Waals surface area contributed by atoms with Crippen molar-refractivity contribution in [3.8, 4) is 0 Å². The van der Waals surface area contributed by atoms with Crippen LogP contribution in [0, 0.1) is 12.7 Å². The predicted molar refractivity (Wildman–Crippen MR) is 75.4 cm³/mol. The van der Waals surface area contributed by atoms with Gasteiger partial charge in [0.1, 0.15) is 10.4 Å². The molecule has 0 fully saturated rings. The quantitative estimate of drug-likeness (QED) is 0.835. The Balaban J connectivity index is 2.13. The van der Waals surface area contributed by atoms with E-state index in [-0.39, 0.29) is 5.82 Å². The van der Waals surface area contributed by atoms with Crippen LogP contribution in [0.25, 0.3) is 0 Å². The summed E-state index contributed by atoms with van der Waals surface area (Å²) in [6, 6.07) is 8.25. The lowest BCUT2D eigenvalue weighted by Gasteiger charge is -2.10. The summed E-state index contributed by atoms with van der Waals surface area (Å²) in [4.78, 5) is 4.26. The highest BCUT2D eigenvalue weighted by atomic mass is 79.9. The monoisotopic (exact) mass is 328 g/mol. The third kappa shape index (κ3) is 3.21. The maximum absolute atomic E-state index is 13.5. The van der Waals surface area contributed by atoms with E-state index in [0.717, 1.165) is 16.0 Å². The second kappa shape index (κ2) is 5.67. The minimum absolute atomic E-state index is 0.269. The molecule has 0 spiro atoms. The minimum Gasteiger partial charge on any atom is -0.379 e. The Morgan fingerprint density at radius 2 is 2.11 bits per heavy atom. The van der Waals surface area contributed by atoms with Crippen LogP contribution in [0.1, 0.15) is 11.3 Å². The molecule has 0 saturated carbocycles. The van der Waals surface area contributed by atoms with Crippen LogP contribution >= 0.6 is 27.5 Å². The number of nitrogens with zero attached hydrogens (tertiary/aromatic N) is 1. The van der Waals surface area contributed by atoms with Crippen LogP contribution < -0.4 is 5.32 Å². The number of rotatable bonds is 3. The Kier molecular flexibility index (Phi) is 4.19. The highest BCUT2D eigenvalue weighted by molar-refractivity contribution is 9.10. The van der Waals surface area contributed by atoms with Crippen molar-refractivity contribution in [1.29, 1.82) is 0 Å². The zero-order valence-corrected chi connectivity index (χ0v) is 12.0. The van der Waals surface area contributed by atoms with Crippen molar-refractivity contribution in [1.82, 2.24) is 4.98 Å². The lowest BCUT2D eigenvalue weighted by molar-refractivity contribution is 0.613.